The van der Waals surface area contributed by atoms with Crippen molar-refractivity contribution in [1.82, 2.24) is 9.88 Å². The monoisotopic (exact) mass is 330 g/mol. The molecule has 23 heavy (non-hydrogen) atoms. The Bertz CT molecular complexity index is 697. The predicted molar refractivity (Wildman–Crippen MR) is 90.0 cm³/mol. The number of nitrogens with zero attached hydrogens (tertiary/aromatic N) is 2. The van der Waals surface area contributed by atoms with Crippen molar-refractivity contribution in [2.45, 2.75) is 25.9 Å². The van der Waals surface area contributed by atoms with Gasteiger partial charge in [-0.05, 0) is 25.1 Å². The van der Waals surface area contributed by atoms with Crippen molar-refractivity contribution in [3.63, 3.8) is 0 Å². The number of carbonyl (C=O) groups is 1. The normalized spacial score (nSPS) is 15.5. The van der Waals surface area contributed by atoms with Crippen molar-refractivity contribution in [3.8, 4) is 5.75 Å². The smallest absolute Gasteiger partial charge is 0.255 e. The highest BCUT2D eigenvalue weighted by Crippen LogP contribution is 2.23. The van der Waals surface area contributed by atoms with Crippen LogP contribution in [0.15, 0.2) is 42.7 Å². The first-order chi connectivity index (χ1) is 11.1. The molecule has 1 aliphatic heterocycles. The van der Waals surface area contributed by atoms with Gasteiger partial charge in [-0.25, -0.2) is 0 Å². The van der Waals surface area contributed by atoms with Gasteiger partial charge in [0.05, 0.1) is 10.6 Å². The summed E-state index contributed by atoms with van der Waals surface area (Å²) in [7, 11) is 0. The molecule has 1 amide bonds. The summed E-state index contributed by atoms with van der Waals surface area (Å²) in [4.78, 5) is 18.4. The van der Waals surface area contributed by atoms with Gasteiger partial charge in [-0.3, -0.25) is 9.78 Å². The molecule has 2 aromatic rings. The van der Waals surface area contributed by atoms with Crippen molar-refractivity contribution in [3.05, 3.63) is 58.9 Å². The third-order valence-corrected chi connectivity index (χ3v) is 4.43. The summed E-state index contributed by atoms with van der Waals surface area (Å²) in [6.07, 6.45) is 5.30. The minimum Gasteiger partial charge on any atom is -0.490 e. The number of hydrogen-bond acceptors (Lipinski definition) is 3. The van der Waals surface area contributed by atoms with E-state index in [1.165, 1.54) is 0 Å². The van der Waals surface area contributed by atoms with Crippen LogP contribution in [-0.2, 0) is 0 Å². The van der Waals surface area contributed by atoms with Crippen LogP contribution in [0.2, 0.25) is 5.02 Å². The van der Waals surface area contributed by atoms with Gasteiger partial charge in [-0.15, -0.1) is 0 Å². The third-order valence-electron chi connectivity index (χ3n) is 4.10. The molecule has 120 valence electrons. The zero-order valence-corrected chi connectivity index (χ0v) is 13.8. The Morgan fingerprint density at radius 2 is 2.00 bits per heavy atom. The molecule has 0 atom stereocenters. The van der Waals surface area contributed by atoms with Gasteiger partial charge in [-0.1, -0.05) is 23.7 Å². The van der Waals surface area contributed by atoms with Crippen LogP contribution in [0.4, 0.5) is 0 Å². The molecule has 1 saturated heterocycles. The molecule has 0 aliphatic carbocycles. The fraction of sp³-hybridized carbons (Fsp3) is 0.333. The molecular weight excluding hydrogens is 312 g/mol. The van der Waals surface area contributed by atoms with Gasteiger partial charge < -0.3 is 9.64 Å². The fourth-order valence-electron chi connectivity index (χ4n) is 2.75. The van der Waals surface area contributed by atoms with Crippen LogP contribution in [0, 0.1) is 6.92 Å². The second-order valence-electron chi connectivity index (χ2n) is 5.73. The molecule has 0 radical (unpaired) electrons. The quantitative estimate of drug-likeness (QED) is 0.861. The average molecular weight is 331 g/mol. The Balaban J connectivity index is 1.59. The average Bonchev–Trinajstić information content (AvgIpc) is 2.57. The van der Waals surface area contributed by atoms with E-state index in [9.17, 15) is 4.79 Å². The summed E-state index contributed by atoms with van der Waals surface area (Å²) in [5.74, 6) is 0.866. The molecule has 0 unspecified atom stereocenters. The maximum Gasteiger partial charge on any atom is 0.255 e. The number of pyridine rings is 1. The van der Waals surface area contributed by atoms with Crippen LogP contribution in [-0.4, -0.2) is 35.0 Å². The number of halogens is 1. The first kappa shape index (κ1) is 15.8. The first-order valence-electron chi connectivity index (χ1n) is 7.76. The lowest BCUT2D eigenvalue weighted by Crippen LogP contribution is -2.41. The Labute approximate surface area is 141 Å². The number of piperidine rings is 1. The van der Waals surface area contributed by atoms with E-state index >= 15 is 0 Å². The molecule has 0 bridgehead atoms. The molecular formula is C18H19ClN2O2. The highest BCUT2D eigenvalue weighted by molar-refractivity contribution is 6.33. The predicted octanol–water partition coefficient (Wildman–Crippen LogP) is 3.73. The van der Waals surface area contributed by atoms with Crippen LogP contribution >= 0.6 is 11.6 Å². The number of carbonyl (C=O) groups excluding carboxylic acids is 1. The van der Waals surface area contributed by atoms with Gasteiger partial charge in [0.25, 0.3) is 5.91 Å². The minimum absolute atomic E-state index is 0.00542. The molecule has 0 saturated carbocycles. The maximum absolute atomic E-state index is 12.5. The second-order valence-corrected chi connectivity index (χ2v) is 6.14. The summed E-state index contributed by atoms with van der Waals surface area (Å²) in [5.41, 5.74) is 1.60. The van der Waals surface area contributed by atoms with Crippen LogP contribution < -0.4 is 4.74 Å². The molecule has 1 fully saturated rings. The number of ether oxygens (including phenoxy) is 1. The zero-order valence-electron chi connectivity index (χ0n) is 13.0. The molecule has 1 aromatic carbocycles. The number of amides is 1. The van der Waals surface area contributed by atoms with E-state index in [0.717, 1.165) is 24.2 Å². The molecule has 3 rings (SSSR count). The lowest BCUT2D eigenvalue weighted by molar-refractivity contribution is 0.0594. The van der Waals surface area contributed by atoms with Gasteiger partial charge in [0.15, 0.2) is 0 Å². The van der Waals surface area contributed by atoms with Gasteiger partial charge in [0.2, 0.25) is 0 Å². The van der Waals surface area contributed by atoms with E-state index in [2.05, 4.69) is 4.98 Å². The number of likely N-dealkylation sites (tertiary alicyclic amines) is 1. The largest absolute Gasteiger partial charge is 0.490 e. The number of aryl methyl sites for hydroxylation is 1. The lowest BCUT2D eigenvalue weighted by Gasteiger charge is -2.32. The zero-order chi connectivity index (χ0) is 16.2. The van der Waals surface area contributed by atoms with Crippen molar-refractivity contribution in [2.75, 3.05) is 13.1 Å². The minimum atomic E-state index is -0.00542. The Kier molecular flexibility index (Phi) is 4.82. The highest BCUT2D eigenvalue weighted by atomic mass is 35.5. The summed E-state index contributed by atoms with van der Waals surface area (Å²) in [5, 5.41) is 0.503. The fourth-order valence-corrected chi connectivity index (χ4v) is 2.97. The van der Waals surface area contributed by atoms with Crippen molar-refractivity contribution < 1.29 is 9.53 Å². The van der Waals surface area contributed by atoms with E-state index in [1.54, 1.807) is 24.5 Å². The lowest BCUT2D eigenvalue weighted by atomic mass is 10.1. The molecule has 5 heteroatoms. The van der Waals surface area contributed by atoms with Gasteiger partial charge in [0, 0.05) is 43.9 Å². The molecule has 1 aromatic heterocycles. The van der Waals surface area contributed by atoms with E-state index < -0.39 is 0 Å². The number of rotatable bonds is 3. The van der Waals surface area contributed by atoms with E-state index in [-0.39, 0.29) is 12.0 Å². The standard InChI is InChI=1S/C18H19ClN2O2/c1-13-12-20-9-6-17(13)23-14-7-10-21(11-8-14)18(22)15-4-2-3-5-16(15)19/h2-6,9,12,14H,7-8,10-11H2,1H3. The SMILES string of the molecule is Cc1cnccc1OC1CCN(C(=O)c2ccccc2Cl)CC1. The van der Waals surface area contributed by atoms with E-state index in [4.69, 9.17) is 16.3 Å². The molecule has 2 heterocycles. The number of hydrogen-bond donors (Lipinski definition) is 0. The van der Waals surface area contributed by atoms with E-state index in [1.807, 2.05) is 30.0 Å². The van der Waals surface area contributed by atoms with Crippen LogP contribution in [0.3, 0.4) is 0 Å². The molecule has 0 N–H and O–H groups in total. The van der Waals surface area contributed by atoms with Crippen molar-refractivity contribution in [1.29, 1.82) is 0 Å². The van der Waals surface area contributed by atoms with Crippen molar-refractivity contribution >= 4 is 17.5 Å². The van der Waals surface area contributed by atoms with Crippen molar-refractivity contribution in [2.24, 2.45) is 0 Å². The molecule has 1 aliphatic rings. The molecule has 0 spiro atoms. The topological polar surface area (TPSA) is 42.4 Å². The van der Waals surface area contributed by atoms with E-state index in [0.29, 0.717) is 23.7 Å². The summed E-state index contributed by atoms with van der Waals surface area (Å²) in [6, 6.07) is 9.07. The Morgan fingerprint density at radius 1 is 1.26 bits per heavy atom. The highest BCUT2D eigenvalue weighted by Gasteiger charge is 2.25. The number of benzene rings is 1. The molecule has 4 nitrogen and oxygen atoms in total. The Hall–Kier alpha value is -2.07. The second kappa shape index (κ2) is 7.01. The maximum atomic E-state index is 12.5. The van der Waals surface area contributed by atoms with Gasteiger partial charge in [-0.2, -0.15) is 0 Å². The summed E-state index contributed by atoms with van der Waals surface area (Å²) < 4.78 is 6.04. The summed E-state index contributed by atoms with van der Waals surface area (Å²) in [6.45, 7) is 3.34. The Morgan fingerprint density at radius 3 is 2.70 bits per heavy atom. The van der Waals surface area contributed by atoms with Crippen LogP contribution in [0.5, 0.6) is 5.75 Å². The third kappa shape index (κ3) is 3.64. The van der Waals surface area contributed by atoms with Crippen LogP contribution in [0.25, 0.3) is 0 Å². The summed E-state index contributed by atoms with van der Waals surface area (Å²) >= 11 is 6.11. The number of aromatic nitrogens is 1. The first-order valence-corrected chi connectivity index (χ1v) is 8.14. The van der Waals surface area contributed by atoms with Gasteiger partial charge >= 0.3 is 0 Å². The van der Waals surface area contributed by atoms with Crippen LogP contribution in [0.1, 0.15) is 28.8 Å². The van der Waals surface area contributed by atoms with Gasteiger partial charge in [0.1, 0.15) is 11.9 Å².